The minimum atomic E-state index is 0.145. The second-order valence-electron chi connectivity index (χ2n) is 5.60. The highest BCUT2D eigenvalue weighted by molar-refractivity contribution is 7.98. The Bertz CT molecular complexity index is 279. The monoisotopic (exact) mass is 288 g/mol. The number of carbonyl (C=O) groups excluding carboxylic acids is 1. The van der Waals surface area contributed by atoms with E-state index in [0.717, 1.165) is 25.3 Å². The van der Waals surface area contributed by atoms with E-state index < -0.39 is 0 Å². The fourth-order valence-corrected chi connectivity index (χ4v) is 2.94. The zero-order valence-electron chi connectivity index (χ0n) is 12.9. The van der Waals surface area contributed by atoms with Crippen LogP contribution in [0.25, 0.3) is 0 Å². The maximum absolute atomic E-state index is 12.3. The van der Waals surface area contributed by atoms with Crippen molar-refractivity contribution < 1.29 is 9.53 Å². The second-order valence-corrected chi connectivity index (χ2v) is 6.59. The smallest absolute Gasteiger partial charge is 0.236 e. The van der Waals surface area contributed by atoms with Gasteiger partial charge in [-0.05, 0) is 46.2 Å². The SMILES string of the molecule is CSCC[C@H](C)N(C)CC(=O)N1C[C@@H](C)O[C@H](C)C1. The van der Waals surface area contributed by atoms with Crippen LogP contribution in [0.4, 0.5) is 0 Å². The predicted octanol–water partition coefficient (Wildman–Crippen LogP) is 1.70. The summed E-state index contributed by atoms with van der Waals surface area (Å²) < 4.78 is 5.66. The fourth-order valence-electron chi connectivity index (χ4n) is 2.36. The van der Waals surface area contributed by atoms with Crippen LogP contribution in [0.2, 0.25) is 0 Å². The lowest BCUT2D eigenvalue weighted by Gasteiger charge is -2.36. The Kier molecular flexibility index (Phi) is 7.18. The molecule has 1 heterocycles. The van der Waals surface area contributed by atoms with Gasteiger partial charge in [-0.25, -0.2) is 0 Å². The molecular weight excluding hydrogens is 260 g/mol. The fraction of sp³-hybridized carbons (Fsp3) is 0.929. The molecule has 0 saturated carbocycles. The summed E-state index contributed by atoms with van der Waals surface area (Å²) in [7, 11) is 2.04. The summed E-state index contributed by atoms with van der Waals surface area (Å²) in [6.45, 7) is 8.19. The van der Waals surface area contributed by atoms with E-state index in [1.807, 2.05) is 37.6 Å². The van der Waals surface area contributed by atoms with Crippen LogP contribution in [0, 0.1) is 0 Å². The van der Waals surface area contributed by atoms with E-state index in [0.29, 0.717) is 12.6 Å². The number of ether oxygens (including phenoxy) is 1. The van der Waals surface area contributed by atoms with E-state index in [1.165, 1.54) is 0 Å². The molecule has 0 aromatic heterocycles. The number of carbonyl (C=O) groups is 1. The highest BCUT2D eigenvalue weighted by atomic mass is 32.2. The number of thioether (sulfide) groups is 1. The van der Waals surface area contributed by atoms with Gasteiger partial charge in [0.25, 0.3) is 0 Å². The number of morpholine rings is 1. The van der Waals surface area contributed by atoms with Gasteiger partial charge in [0, 0.05) is 19.1 Å². The zero-order chi connectivity index (χ0) is 14.4. The Balaban J connectivity index is 2.40. The molecule has 1 aliphatic rings. The normalized spacial score (nSPS) is 25.7. The Hall–Kier alpha value is -0.260. The van der Waals surface area contributed by atoms with E-state index >= 15 is 0 Å². The molecule has 1 rings (SSSR count). The minimum absolute atomic E-state index is 0.145. The van der Waals surface area contributed by atoms with Crippen molar-refractivity contribution in [2.45, 2.75) is 45.4 Å². The van der Waals surface area contributed by atoms with Crippen molar-refractivity contribution >= 4 is 17.7 Å². The van der Waals surface area contributed by atoms with Gasteiger partial charge < -0.3 is 9.64 Å². The van der Waals surface area contributed by atoms with Crippen molar-refractivity contribution in [3.63, 3.8) is 0 Å². The highest BCUT2D eigenvalue weighted by Crippen LogP contribution is 2.12. The summed E-state index contributed by atoms with van der Waals surface area (Å²) in [4.78, 5) is 16.4. The van der Waals surface area contributed by atoms with Gasteiger partial charge >= 0.3 is 0 Å². The maximum Gasteiger partial charge on any atom is 0.236 e. The van der Waals surface area contributed by atoms with E-state index in [4.69, 9.17) is 4.74 Å². The lowest BCUT2D eigenvalue weighted by molar-refractivity contribution is -0.144. The average molecular weight is 288 g/mol. The van der Waals surface area contributed by atoms with Gasteiger partial charge in [0.05, 0.1) is 18.8 Å². The Morgan fingerprint density at radius 3 is 2.53 bits per heavy atom. The van der Waals surface area contributed by atoms with E-state index in [2.05, 4.69) is 18.1 Å². The first-order chi connectivity index (χ1) is 8.93. The number of amides is 1. The number of hydrogen-bond acceptors (Lipinski definition) is 4. The number of nitrogens with zero attached hydrogens (tertiary/aromatic N) is 2. The quantitative estimate of drug-likeness (QED) is 0.745. The first-order valence-electron chi connectivity index (χ1n) is 7.06. The number of likely N-dealkylation sites (N-methyl/N-ethyl adjacent to an activating group) is 1. The van der Waals surface area contributed by atoms with Crippen LogP contribution in [-0.2, 0) is 9.53 Å². The number of rotatable bonds is 6. The molecule has 0 N–H and O–H groups in total. The summed E-state index contributed by atoms with van der Waals surface area (Å²) in [6.07, 6.45) is 3.54. The lowest BCUT2D eigenvalue weighted by Crippen LogP contribution is -2.51. The molecular formula is C14H28N2O2S. The Morgan fingerprint density at radius 2 is 2.00 bits per heavy atom. The molecule has 3 atom stereocenters. The summed E-state index contributed by atoms with van der Waals surface area (Å²) in [6, 6.07) is 0.451. The second kappa shape index (κ2) is 8.12. The van der Waals surface area contributed by atoms with Gasteiger partial charge in [0.2, 0.25) is 5.91 Å². The third kappa shape index (κ3) is 5.71. The molecule has 1 aliphatic heterocycles. The molecule has 1 amide bonds. The van der Waals surface area contributed by atoms with E-state index in [9.17, 15) is 4.79 Å². The minimum Gasteiger partial charge on any atom is -0.372 e. The van der Waals surface area contributed by atoms with Gasteiger partial charge in [-0.15, -0.1) is 0 Å². The molecule has 1 saturated heterocycles. The van der Waals surface area contributed by atoms with Crippen molar-refractivity contribution in [2.75, 3.05) is 38.7 Å². The van der Waals surface area contributed by atoms with Gasteiger partial charge in [-0.2, -0.15) is 11.8 Å². The molecule has 0 spiro atoms. The van der Waals surface area contributed by atoms with Crippen LogP contribution in [0.3, 0.4) is 0 Å². The van der Waals surface area contributed by atoms with Crippen molar-refractivity contribution in [1.82, 2.24) is 9.80 Å². The summed E-state index contributed by atoms with van der Waals surface area (Å²) in [5.41, 5.74) is 0. The lowest BCUT2D eigenvalue weighted by atomic mass is 10.2. The molecule has 5 heteroatoms. The Morgan fingerprint density at radius 1 is 1.42 bits per heavy atom. The van der Waals surface area contributed by atoms with Gasteiger partial charge in [0.1, 0.15) is 0 Å². The summed E-state index contributed by atoms with van der Waals surface area (Å²) >= 11 is 1.86. The molecule has 0 aromatic carbocycles. The molecule has 4 nitrogen and oxygen atoms in total. The third-order valence-corrected chi connectivity index (χ3v) is 4.29. The third-order valence-electron chi connectivity index (χ3n) is 3.65. The Labute approximate surface area is 121 Å². The standard InChI is InChI=1S/C14H28N2O2S/c1-11(6-7-19-5)15(4)10-14(17)16-8-12(2)18-13(3)9-16/h11-13H,6-10H2,1-5H3/t11-,12+,13+/m0/s1. The molecule has 112 valence electrons. The van der Waals surface area contributed by atoms with Gasteiger partial charge in [-0.3, -0.25) is 9.69 Å². The van der Waals surface area contributed by atoms with Gasteiger partial charge in [-0.1, -0.05) is 0 Å². The molecule has 0 radical (unpaired) electrons. The van der Waals surface area contributed by atoms with E-state index in [1.54, 1.807) is 0 Å². The molecule has 0 bridgehead atoms. The first kappa shape index (κ1) is 16.8. The van der Waals surface area contributed by atoms with Crippen LogP contribution in [0.15, 0.2) is 0 Å². The molecule has 1 fully saturated rings. The van der Waals surface area contributed by atoms with Crippen LogP contribution < -0.4 is 0 Å². The summed E-state index contributed by atoms with van der Waals surface area (Å²) in [5.74, 6) is 1.37. The predicted molar refractivity (Wildman–Crippen MR) is 81.7 cm³/mol. The van der Waals surface area contributed by atoms with Crippen LogP contribution in [-0.4, -0.2) is 72.6 Å². The number of hydrogen-bond donors (Lipinski definition) is 0. The van der Waals surface area contributed by atoms with Crippen molar-refractivity contribution in [3.8, 4) is 0 Å². The molecule has 0 unspecified atom stereocenters. The zero-order valence-corrected chi connectivity index (χ0v) is 13.7. The molecule has 0 aliphatic carbocycles. The molecule has 19 heavy (non-hydrogen) atoms. The van der Waals surface area contributed by atoms with Crippen molar-refractivity contribution in [3.05, 3.63) is 0 Å². The van der Waals surface area contributed by atoms with Crippen molar-refractivity contribution in [2.24, 2.45) is 0 Å². The highest BCUT2D eigenvalue weighted by Gasteiger charge is 2.26. The van der Waals surface area contributed by atoms with E-state index in [-0.39, 0.29) is 18.1 Å². The van der Waals surface area contributed by atoms with Crippen molar-refractivity contribution in [1.29, 1.82) is 0 Å². The van der Waals surface area contributed by atoms with Crippen LogP contribution >= 0.6 is 11.8 Å². The van der Waals surface area contributed by atoms with Gasteiger partial charge in [0.15, 0.2) is 0 Å². The maximum atomic E-state index is 12.3. The first-order valence-corrected chi connectivity index (χ1v) is 8.45. The summed E-state index contributed by atoms with van der Waals surface area (Å²) in [5, 5.41) is 0. The topological polar surface area (TPSA) is 32.8 Å². The molecule has 0 aromatic rings. The largest absolute Gasteiger partial charge is 0.372 e. The average Bonchev–Trinajstić information content (AvgIpc) is 2.34. The van der Waals surface area contributed by atoms with Crippen LogP contribution in [0.5, 0.6) is 0 Å². The van der Waals surface area contributed by atoms with Crippen LogP contribution in [0.1, 0.15) is 27.2 Å².